The molecule has 4 rings (SSSR count). The van der Waals surface area contributed by atoms with Crippen LogP contribution < -0.4 is 10.6 Å². The average molecular weight is 406 g/mol. The minimum Gasteiger partial charge on any atom is -0.385 e. The predicted molar refractivity (Wildman–Crippen MR) is 104 cm³/mol. The summed E-state index contributed by atoms with van der Waals surface area (Å²) >= 11 is 6.21. The van der Waals surface area contributed by atoms with Gasteiger partial charge in [0.05, 0.1) is 11.8 Å². The number of nitrogens with zero attached hydrogens (tertiary/aromatic N) is 1. The van der Waals surface area contributed by atoms with Crippen molar-refractivity contribution in [3.8, 4) is 0 Å². The van der Waals surface area contributed by atoms with E-state index < -0.39 is 17.4 Å². The van der Waals surface area contributed by atoms with E-state index in [2.05, 4.69) is 10.6 Å². The second-order valence-electron chi connectivity index (χ2n) is 8.04. The second kappa shape index (κ2) is 6.83. The molecule has 1 aromatic rings. The van der Waals surface area contributed by atoms with Crippen molar-refractivity contribution >= 4 is 35.0 Å². The first-order chi connectivity index (χ1) is 13.3. The lowest BCUT2D eigenvalue weighted by atomic mass is 9.76. The van der Waals surface area contributed by atoms with Crippen molar-refractivity contribution in [2.45, 2.75) is 31.8 Å². The smallest absolute Gasteiger partial charge is 0.250 e. The number of amides is 3. The van der Waals surface area contributed by atoms with Gasteiger partial charge >= 0.3 is 0 Å². The van der Waals surface area contributed by atoms with Crippen LogP contribution in [0.5, 0.6) is 0 Å². The van der Waals surface area contributed by atoms with Crippen molar-refractivity contribution in [1.29, 1.82) is 0 Å². The topological polar surface area (TPSA) is 87.7 Å². The van der Waals surface area contributed by atoms with Crippen molar-refractivity contribution < 1.29 is 19.1 Å². The molecule has 3 amide bonds. The maximum Gasteiger partial charge on any atom is 0.250 e. The minimum absolute atomic E-state index is 0.0681. The molecular weight excluding hydrogens is 382 g/mol. The number of carbonyl (C=O) groups excluding carboxylic acids is 3. The lowest BCUT2D eigenvalue weighted by Crippen LogP contribution is -2.54. The predicted octanol–water partition coefficient (Wildman–Crippen LogP) is 1.75. The second-order valence-corrected chi connectivity index (χ2v) is 8.48. The number of methoxy groups -OCH3 is 1. The summed E-state index contributed by atoms with van der Waals surface area (Å²) in [4.78, 5) is 41.1. The summed E-state index contributed by atoms with van der Waals surface area (Å²) in [5, 5.41) is 6.74. The highest BCUT2D eigenvalue weighted by atomic mass is 35.5. The van der Waals surface area contributed by atoms with E-state index in [4.69, 9.17) is 16.3 Å². The maximum absolute atomic E-state index is 13.4. The zero-order valence-electron chi connectivity index (χ0n) is 16.1. The van der Waals surface area contributed by atoms with Gasteiger partial charge in [0.1, 0.15) is 5.54 Å². The summed E-state index contributed by atoms with van der Waals surface area (Å²) in [6, 6.07) is 4.86. The van der Waals surface area contributed by atoms with Gasteiger partial charge in [-0.05, 0) is 30.5 Å². The minimum atomic E-state index is -1.28. The van der Waals surface area contributed by atoms with E-state index in [1.807, 2.05) is 13.8 Å². The number of rotatable bonds is 5. The first-order valence-corrected chi connectivity index (χ1v) is 9.94. The molecule has 0 aromatic heterocycles. The first kappa shape index (κ1) is 19.4. The van der Waals surface area contributed by atoms with Crippen LogP contribution in [0.25, 0.3) is 0 Å². The summed E-state index contributed by atoms with van der Waals surface area (Å²) in [7, 11) is 1.58. The number of carbonyl (C=O) groups is 3. The number of ether oxygens (including phenoxy) is 1. The molecule has 0 unspecified atom stereocenters. The van der Waals surface area contributed by atoms with Crippen molar-refractivity contribution in [3.63, 3.8) is 0 Å². The van der Waals surface area contributed by atoms with Crippen molar-refractivity contribution in [2.75, 3.05) is 25.6 Å². The van der Waals surface area contributed by atoms with Gasteiger partial charge in [-0.2, -0.15) is 0 Å². The molecule has 2 fully saturated rings. The maximum atomic E-state index is 13.4. The van der Waals surface area contributed by atoms with Crippen LogP contribution >= 0.6 is 11.6 Å². The molecule has 2 saturated heterocycles. The summed E-state index contributed by atoms with van der Waals surface area (Å²) in [6.07, 6.45) is 0.564. The Balaban J connectivity index is 1.81. The van der Waals surface area contributed by atoms with E-state index in [-0.39, 0.29) is 29.7 Å². The Morgan fingerprint density at radius 3 is 2.68 bits per heavy atom. The summed E-state index contributed by atoms with van der Waals surface area (Å²) in [5.41, 5.74) is -0.00560. The molecule has 0 bridgehead atoms. The lowest BCUT2D eigenvalue weighted by molar-refractivity contribution is -0.143. The Kier molecular flexibility index (Phi) is 4.72. The lowest BCUT2D eigenvalue weighted by Gasteiger charge is -2.30. The highest BCUT2D eigenvalue weighted by Gasteiger charge is 2.70. The van der Waals surface area contributed by atoms with Crippen LogP contribution in [0.3, 0.4) is 0 Å². The van der Waals surface area contributed by atoms with Crippen molar-refractivity contribution in [1.82, 2.24) is 10.2 Å². The molecule has 3 aliphatic rings. The average Bonchev–Trinajstić information content (AvgIpc) is 3.23. The normalized spacial score (nSPS) is 31.1. The van der Waals surface area contributed by atoms with E-state index in [1.54, 1.807) is 25.3 Å². The van der Waals surface area contributed by atoms with Gasteiger partial charge in [0.15, 0.2) is 0 Å². The molecule has 28 heavy (non-hydrogen) atoms. The number of nitrogens with one attached hydrogen (secondary N) is 2. The van der Waals surface area contributed by atoms with E-state index >= 15 is 0 Å². The molecule has 8 heteroatoms. The Morgan fingerprint density at radius 1 is 1.25 bits per heavy atom. The van der Waals surface area contributed by atoms with Crippen LogP contribution in [0.4, 0.5) is 5.69 Å². The van der Waals surface area contributed by atoms with E-state index in [9.17, 15) is 14.4 Å². The number of fused-ring (bicyclic) bond motifs is 4. The number of likely N-dealkylation sites (tertiary alicyclic amines) is 1. The van der Waals surface area contributed by atoms with E-state index in [0.717, 1.165) is 0 Å². The summed E-state index contributed by atoms with van der Waals surface area (Å²) in [6.45, 7) is 4.74. The molecule has 1 spiro atoms. The molecule has 0 saturated carbocycles. The number of halogens is 1. The van der Waals surface area contributed by atoms with Gasteiger partial charge in [-0.25, -0.2) is 0 Å². The van der Waals surface area contributed by atoms with Crippen LogP contribution in [-0.2, 0) is 24.7 Å². The zero-order chi connectivity index (χ0) is 20.2. The molecule has 0 aliphatic carbocycles. The molecule has 0 radical (unpaired) electrons. The number of benzene rings is 1. The molecule has 1 aromatic carbocycles. The van der Waals surface area contributed by atoms with Gasteiger partial charge in [-0.3, -0.25) is 24.6 Å². The molecule has 150 valence electrons. The number of anilines is 1. The molecule has 4 atom stereocenters. The Bertz CT molecular complexity index is 858. The first-order valence-electron chi connectivity index (χ1n) is 9.56. The van der Waals surface area contributed by atoms with Crippen LogP contribution in [0.15, 0.2) is 18.2 Å². The summed E-state index contributed by atoms with van der Waals surface area (Å²) in [5.74, 6) is -2.11. The van der Waals surface area contributed by atoms with Gasteiger partial charge in [0.25, 0.3) is 0 Å². The Morgan fingerprint density at radius 2 is 2.00 bits per heavy atom. The monoisotopic (exact) mass is 405 g/mol. The summed E-state index contributed by atoms with van der Waals surface area (Å²) < 4.78 is 5.06. The molecule has 3 heterocycles. The third-order valence-electron chi connectivity index (χ3n) is 6.15. The standard InChI is InChI=1S/C20H24ClN3O4/c1-10(2)16-14-15(18(26)24(17(14)25)7-4-8-28-3)20(23-16)12-9-11(21)5-6-13(12)22-19(20)27/h5-6,9-10,14-16,23H,4,7-8H2,1-3H3,(H,22,27)/t14-,15-,16+,20+/m0/s1. The number of hydrogen-bond acceptors (Lipinski definition) is 5. The van der Waals surface area contributed by atoms with Crippen LogP contribution in [0, 0.1) is 17.8 Å². The highest BCUT2D eigenvalue weighted by molar-refractivity contribution is 6.31. The third kappa shape index (κ3) is 2.53. The van der Waals surface area contributed by atoms with E-state index in [0.29, 0.717) is 35.8 Å². The van der Waals surface area contributed by atoms with Crippen LogP contribution in [-0.4, -0.2) is 48.9 Å². The van der Waals surface area contributed by atoms with Gasteiger partial charge in [-0.1, -0.05) is 25.4 Å². The van der Waals surface area contributed by atoms with Crippen LogP contribution in [0.1, 0.15) is 25.8 Å². The molecule has 7 nitrogen and oxygen atoms in total. The molecule has 2 N–H and O–H groups in total. The van der Waals surface area contributed by atoms with Crippen LogP contribution in [0.2, 0.25) is 5.02 Å². The van der Waals surface area contributed by atoms with Gasteiger partial charge in [0.2, 0.25) is 17.7 Å². The number of hydrogen-bond donors (Lipinski definition) is 2. The zero-order valence-corrected chi connectivity index (χ0v) is 16.9. The molecule has 3 aliphatic heterocycles. The highest BCUT2D eigenvalue weighted by Crippen LogP contribution is 2.54. The largest absolute Gasteiger partial charge is 0.385 e. The quantitative estimate of drug-likeness (QED) is 0.575. The fourth-order valence-electron chi connectivity index (χ4n) is 4.93. The Labute approximate surface area is 168 Å². The van der Waals surface area contributed by atoms with Gasteiger partial charge < -0.3 is 10.1 Å². The third-order valence-corrected chi connectivity index (χ3v) is 6.39. The Hall–Kier alpha value is -1.96. The SMILES string of the molecule is COCCCN1C(=O)[C@@H]2[C@@H](C(C)C)N[C@@]3(C(=O)Nc4ccc(Cl)cc43)[C@@H]2C1=O. The molecular formula is C20H24ClN3O4. The van der Waals surface area contributed by atoms with Crippen molar-refractivity contribution in [3.05, 3.63) is 28.8 Å². The van der Waals surface area contributed by atoms with E-state index in [1.165, 1.54) is 4.90 Å². The fraction of sp³-hybridized carbons (Fsp3) is 0.550. The van der Waals surface area contributed by atoms with Crippen molar-refractivity contribution in [2.24, 2.45) is 17.8 Å². The van der Waals surface area contributed by atoms with Gasteiger partial charge in [0, 0.05) is 42.6 Å². The van der Waals surface area contributed by atoms with Gasteiger partial charge in [-0.15, -0.1) is 0 Å². The number of imide groups is 1. The fourth-order valence-corrected chi connectivity index (χ4v) is 5.10.